The molecule has 4 nitrogen and oxygen atoms in total. The van der Waals surface area contributed by atoms with Gasteiger partial charge in [-0.05, 0) is 6.42 Å². The molecule has 0 saturated carbocycles. The van der Waals surface area contributed by atoms with Gasteiger partial charge in [-0.1, -0.05) is 0 Å². The highest BCUT2D eigenvalue weighted by molar-refractivity contribution is 5.77. The van der Waals surface area contributed by atoms with Crippen LogP contribution in [0.3, 0.4) is 0 Å². The maximum absolute atomic E-state index is 11.4. The SMILES string of the molecule is C#CCCCNC(=O)CN1CCNCC1. The van der Waals surface area contributed by atoms with Crippen molar-refractivity contribution in [1.29, 1.82) is 0 Å². The lowest BCUT2D eigenvalue weighted by Gasteiger charge is -2.26. The van der Waals surface area contributed by atoms with Crippen LogP contribution in [0.5, 0.6) is 0 Å². The zero-order valence-electron chi connectivity index (χ0n) is 9.09. The minimum absolute atomic E-state index is 0.105. The van der Waals surface area contributed by atoms with Gasteiger partial charge in [-0.25, -0.2) is 0 Å². The molecule has 0 aromatic carbocycles. The van der Waals surface area contributed by atoms with Crippen LogP contribution in [0.25, 0.3) is 0 Å². The summed E-state index contributed by atoms with van der Waals surface area (Å²) in [6, 6.07) is 0. The summed E-state index contributed by atoms with van der Waals surface area (Å²) in [5.74, 6) is 2.66. The van der Waals surface area contributed by atoms with E-state index in [1.807, 2.05) is 0 Å². The van der Waals surface area contributed by atoms with E-state index in [1.54, 1.807) is 0 Å². The summed E-state index contributed by atoms with van der Waals surface area (Å²) >= 11 is 0. The monoisotopic (exact) mass is 209 g/mol. The van der Waals surface area contributed by atoms with Crippen molar-refractivity contribution in [1.82, 2.24) is 15.5 Å². The van der Waals surface area contributed by atoms with Crippen LogP contribution in [0, 0.1) is 12.3 Å². The van der Waals surface area contributed by atoms with E-state index in [1.165, 1.54) is 0 Å². The highest BCUT2D eigenvalue weighted by Crippen LogP contribution is 1.91. The highest BCUT2D eigenvalue weighted by atomic mass is 16.2. The fourth-order valence-electron chi connectivity index (χ4n) is 1.55. The number of hydrogen-bond donors (Lipinski definition) is 2. The summed E-state index contributed by atoms with van der Waals surface area (Å²) in [4.78, 5) is 13.6. The molecule has 1 saturated heterocycles. The molecule has 0 radical (unpaired) electrons. The fourth-order valence-corrected chi connectivity index (χ4v) is 1.55. The predicted octanol–water partition coefficient (Wildman–Crippen LogP) is -0.579. The van der Waals surface area contributed by atoms with Crippen LogP contribution in [0.15, 0.2) is 0 Å². The molecule has 2 N–H and O–H groups in total. The first-order valence-corrected chi connectivity index (χ1v) is 5.46. The summed E-state index contributed by atoms with van der Waals surface area (Å²) in [5, 5.41) is 6.12. The Morgan fingerprint density at radius 1 is 1.47 bits per heavy atom. The summed E-state index contributed by atoms with van der Waals surface area (Å²) in [5.41, 5.74) is 0. The van der Waals surface area contributed by atoms with Crippen LogP contribution in [-0.4, -0.2) is 50.1 Å². The Morgan fingerprint density at radius 3 is 2.87 bits per heavy atom. The number of unbranched alkanes of at least 4 members (excludes halogenated alkanes) is 1. The van der Waals surface area contributed by atoms with Gasteiger partial charge in [0, 0.05) is 39.1 Å². The molecule has 84 valence electrons. The zero-order chi connectivity index (χ0) is 10.9. The largest absolute Gasteiger partial charge is 0.355 e. The molecule has 1 aliphatic rings. The molecule has 1 heterocycles. The Hall–Kier alpha value is -1.05. The van der Waals surface area contributed by atoms with Crippen molar-refractivity contribution in [3.63, 3.8) is 0 Å². The third-order valence-electron chi connectivity index (χ3n) is 2.40. The number of carbonyl (C=O) groups is 1. The van der Waals surface area contributed by atoms with E-state index in [2.05, 4.69) is 21.5 Å². The molecule has 0 spiro atoms. The van der Waals surface area contributed by atoms with Crippen LogP contribution in [0.4, 0.5) is 0 Å². The third kappa shape index (κ3) is 5.40. The Bertz CT molecular complexity index is 228. The summed E-state index contributed by atoms with van der Waals surface area (Å²) in [7, 11) is 0. The molecule has 0 aromatic heterocycles. The average Bonchev–Trinajstić information content (AvgIpc) is 2.26. The minimum Gasteiger partial charge on any atom is -0.355 e. The van der Waals surface area contributed by atoms with E-state index in [4.69, 9.17) is 6.42 Å². The van der Waals surface area contributed by atoms with E-state index in [0.717, 1.165) is 39.0 Å². The van der Waals surface area contributed by atoms with E-state index in [0.29, 0.717) is 13.1 Å². The van der Waals surface area contributed by atoms with E-state index in [-0.39, 0.29) is 5.91 Å². The number of amides is 1. The van der Waals surface area contributed by atoms with Gasteiger partial charge in [-0.15, -0.1) is 12.3 Å². The van der Waals surface area contributed by atoms with Crippen LogP contribution < -0.4 is 10.6 Å². The number of nitrogens with one attached hydrogen (secondary N) is 2. The second kappa shape index (κ2) is 7.27. The molecule has 4 heteroatoms. The molecule has 1 amide bonds. The molecule has 0 atom stereocenters. The molecule has 0 aliphatic carbocycles. The van der Waals surface area contributed by atoms with Crippen molar-refractivity contribution in [3.05, 3.63) is 0 Å². The van der Waals surface area contributed by atoms with E-state index in [9.17, 15) is 4.79 Å². The average molecular weight is 209 g/mol. The van der Waals surface area contributed by atoms with Gasteiger partial charge >= 0.3 is 0 Å². The second-order valence-electron chi connectivity index (χ2n) is 3.68. The number of rotatable bonds is 5. The molecule has 1 aliphatic heterocycles. The first kappa shape index (κ1) is 12.0. The van der Waals surface area contributed by atoms with Crippen molar-refractivity contribution in [2.24, 2.45) is 0 Å². The molecule has 0 aromatic rings. The lowest BCUT2D eigenvalue weighted by Crippen LogP contribution is -2.47. The molecular formula is C11H19N3O. The first-order chi connectivity index (χ1) is 7.33. The standard InChI is InChI=1S/C11H19N3O/c1-2-3-4-5-13-11(15)10-14-8-6-12-7-9-14/h1,12H,3-10H2,(H,13,15). The van der Waals surface area contributed by atoms with Crippen LogP contribution in [0.1, 0.15) is 12.8 Å². The normalized spacial score (nSPS) is 17.0. The molecule has 15 heavy (non-hydrogen) atoms. The van der Waals surface area contributed by atoms with Gasteiger partial charge in [-0.3, -0.25) is 9.69 Å². The van der Waals surface area contributed by atoms with Gasteiger partial charge < -0.3 is 10.6 Å². The molecule has 1 rings (SSSR count). The number of nitrogens with zero attached hydrogens (tertiary/aromatic N) is 1. The van der Waals surface area contributed by atoms with Crippen molar-refractivity contribution in [2.75, 3.05) is 39.3 Å². The Morgan fingerprint density at radius 2 is 2.20 bits per heavy atom. The van der Waals surface area contributed by atoms with E-state index >= 15 is 0 Å². The van der Waals surface area contributed by atoms with Crippen LogP contribution in [0.2, 0.25) is 0 Å². The van der Waals surface area contributed by atoms with Gasteiger partial charge in [0.15, 0.2) is 0 Å². The van der Waals surface area contributed by atoms with Gasteiger partial charge in [0.2, 0.25) is 5.91 Å². The molecule has 0 bridgehead atoms. The number of hydrogen-bond acceptors (Lipinski definition) is 3. The molecular weight excluding hydrogens is 190 g/mol. The lowest BCUT2D eigenvalue weighted by molar-refractivity contribution is -0.122. The van der Waals surface area contributed by atoms with Crippen LogP contribution in [-0.2, 0) is 4.79 Å². The van der Waals surface area contributed by atoms with Gasteiger partial charge in [0.25, 0.3) is 0 Å². The van der Waals surface area contributed by atoms with Crippen molar-refractivity contribution in [2.45, 2.75) is 12.8 Å². The molecule has 0 unspecified atom stereocenters. The topological polar surface area (TPSA) is 44.4 Å². The zero-order valence-corrected chi connectivity index (χ0v) is 9.09. The summed E-state index contributed by atoms with van der Waals surface area (Å²) in [6.45, 7) is 5.07. The maximum Gasteiger partial charge on any atom is 0.234 e. The first-order valence-electron chi connectivity index (χ1n) is 5.46. The van der Waals surface area contributed by atoms with Crippen LogP contribution >= 0.6 is 0 Å². The number of piperazine rings is 1. The summed E-state index contributed by atoms with van der Waals surface area (Å²) in [6.07, 6.45) is 6.71. The number of carbonyl (C=O) groups excluding carboxylic acids is 1. The maximum atomic E-state index is 11.4. The Labute approximate surface area is 91.4 Å². The Kier molecular flexibility index (Phi) is 5.83. The van der Waals surface area contributed by atoms with E-state index < -0.39 is 0 Å². The second-order valence-corrected chi connectivity index (χ2v) is 3.68. The summed E-state index contributed by atoms with van der Waals surface area (Å²) < 4.78 is 0. The molecule has 1 fully saturated rings. The van der Waals surface area contributed by atoms with Gasteiger partial charge in [-0.2, -0.15) is 0 Å². The highest BCUT2D eigenvalue weighted by Gasteiger charge is 2.12. The predicted molar refractivity (Wildman–Crippen MR) is 60.4 cm³/mol. The van der Waals surface area contributed by atoms with Gasteiger partial charge in [0.1, 0.15) is 0 Å². The fraction of sp³-hybridized carbons (Fsp3) is 0.727. The smallest absolute Gasteiger partial charge is 0.234 e. The lowest BCUT2D eigenvalue weighted by atomic mass is 10.3. The van der Waals surface area contributed by atoms with Crippen molar-refractivity contribution in [3.8, 4) is 12.3 Å². The van der Waals surface area contributed by atoms with Gasteiger partial charge in [0.05, 0.1) is 6.54 Å². The number of terminal acetylenes is 1. The quantitative estimate of drug-likeness (QED) is 0.470. The van der Waals surface area contributed by atoms with Crippen molar-refractivity contribution >= 4 is 5.91 Å². The minimum atomic E-state index is 0.105. The van der Waals surface area contributed by atoms with Crippen molar-refractivity contribution < 1.29 is 4.79 Å². The third-order valence-corrected chi connectivity index (χ3v) is 2.40. The Balaban J connectivity index is 2.04.